The number of rotatable bonds is 5. The summed E-state index contributed by atoms with van der Waals surface area (Å²) in [6, 6.07) is 4.52. The molecule has 0 aliphatic heterocycles. The van der Waals surface area contributed by atoms with E-state index in [1.165, 1.54) is 6.92 Å². The maximum absolute atomic E-state index is 11.4. The zero-order chi connectivity index (χ0) is 13.7. The van der Waals surface area contributed by atoms with E-state index in [0.29, 0.717) is 6.42 Å². The van der Waals surface area contributed by atoms with Crippen LogP contribution in [0.5, 0.6) is 5.75 Å². The molecule has 0 aliphatic rings. The average Bonchev–Trinajstić information content (AvgIpc) is 2.32. The first-order chi connectivity index (χ1) is 8.43. The van der Waals surface area contributed by atoms with Gasteiger partial charge in [0.1, 0.15) is 5.75 Å². The van der Waals surface area contributed by atoms with Gasteiger partial charge < -0.3 is 16.2 Å². The van der Waals surface area contributed by atoms with Gasteiger partial charge in [0.25, 0.3) is 0 Å². The predicted molar refractivity (Wildman–Crippen MR) is 68.2 cm³/mol. The van der Waals surface area contributed by atoms with Crippen molar-refractivity contribution in [1.82, 2.24) is 5.32 Å². The summed E-state index contributed by atoms with van der Waals surface area (Å²) in [7, 11) is 0. The summed E-state index contributed by atoms with van der Waals surface area (Å²) in [5, 5.41) is 12.0. The van der Waals surface area contributed by atoms with E-state index in [4.69, 9.17) is 5.73 Å². The van der Waals surface area contributed by atoms with E-state index >= 15 is 0 Å². The lowest BCUT2D eigenvalue weighted by Gasteiger charge is -2.16. The van der Waals surface area contributed by atoms with Crippen LogP contribution in [-0.4, -0.2) is 29.4 Å². The van der Waals surface area contributed by atoms with E-state index in [0.717, 1.165) is 11.1 Å². The number of hydrogen-bond acceptors (Lipinski definition) is 4. The van der Waals surface area contributed by atoms with Crippen LogP contribution < -0.4 is 11.1 Å². The zero-order valence-corrected chi connectivity index (χ0v) is 10.6. The first-order valence-electron chi connectivity index (χ1n) is 5.72. The Bertz CT molecular complexity index is 458. The fourth-order valence-electron chi connectivity index (χ4n) is 1.63. The minimum absolute atomic E-state index is 0.123. The highest BCUT2D eigenvalue weighted by molar-refractivity contribution is 5.88. The summed E-state index contributed by atoms with van der Waals surface area (Å²) in [5.41, 5.74) is 6.82. The van der Waals surface area contributed by atoms with Crippen LogP contribution in [-0.2, 0) is 16.0 Å². The van der Waals surface area contributed by atoms with Crippen LogP contribution in [0, 0.1) is 6.92 Å². The Morgan fingerprint density at radius 1 is 1.44 bits per heavy atom. The Morgan fingerprint density at radius 2 is 2.11 bits per heavy atom. The van der Waals surface area contributed by atoms with E-state index in [-0.39, 0.29) is 24.0 Å². The van der Waals surface area contributed by atoms with Gasteiger partial charge in [0, 0.05) is 0 Å². The number of nitrogens with two attached hydrogens (primary N) is 1. The topological polar surface area (TPSA) is 92.4 Å². The highest BCUT2D eigenvalue weighted by atomic mass is 16.3. The van der Waals surface area contributed by atoms with E-state index in [9.17, 15) is 14.7 Å². The monoisotopic (exact) mass is 250 g/mol. The van der Waals surface area contributed by atoms with Gasteiger partial charge in [-0.1, -0.05) is 12.1 Å². The summed E-state index contributed by atoms with van der Waals surface area (Å²) in [6.45, 7) is 3.06. The molecule has 5 nitrogen and oxygen atoms in total. The maximum atomic E-state index is 11.4. The Hall–Kier alpha value is -1.88. The van der Waals surface area contributed by atoms with Crippen molar-refractivity contribution in [2.45, 2.75) is 26.3 Å². The largest absolute Gasteiger partial charge is 0.508 e. The van der Waals surface area contributed by atoms with Gasteiger partial charge in [-0.05, 0) is 37.5 Å². The van der Waals surface area contributed by atoms with Gasteiger partial charge in [-0.3, -0.25) is 9.59 Å². The van der Waals surface area contributed by atoms with Gasteiger partial charge in [-0.25, -0.2) is 0 Å². The third-order valence-corrected chi connectivity index (χ3v) is 2.71. The van der Waals surface area contributed by atoms with Gasteiger partial charge in [-0.2, -0.15) is 0 Å². The molecule has 1 rings (SSSR count). The quantitative estimate of drug-likeness (QED) is 0.699. The third-order valence-electron chi connectivity index (χ3n) is 2.71. The molecule has 0 saturated heterocycles. The third kappa shape index (κ3) is 3.85. The molecule has 98 valence electrons. The molecule has 0 unspecified atom stereocenters. The number of benzene rings is 1. The SMILES string of the molecule is CC(=O)[C@@H](Cc1ccc(O)c(C)c1)NC(=O)CN. The van der Waals surface area contributed by atoms with Crippen molar-refractivity contribution < 1.29 is 14.7 Å². The minimum atomic E-state index is -0.579. The molecule has 0 radical (unpaired) electrons. The first kappa shape index (κ1) is 14.2. The number of aromatic hydroxyl groups is 1. The number of aryl methyl sites for hydroxylation is 1. The van der Waals surface area contributed by atoms with E-state index in [2.05, 4.69) is 5.32 Å². The molecule has 0 saturated carbocycles. The summed E-state index contributed by atoms with van der Waals surface area (Å²) in [4.78, 5) is 22.7. The van der Waals surface area contributed by atoms with Crippen LogP contribution >= 0.6 is 0 Å². The number of carbonyl (C=O) groups is 2. The number of hydrogen-bond donors (Lipinski definition) is 3. The number of nitrogens with one attached hydrogen (secondary N) is 1. The molecule has 0 aliphatic carbocycles. The molecule has 1 amide bonds. The second-order valence-electron chi connectivity index (χ2n) is 4.26. The summed E-state index contributed by atoms with van der Waals surface area (Å²) in [5.74, 6) is -0.266. The normalized spacial score (nSPS) is 11.9. The Morgan fingerprint density at radius 3 is 2.61 bits per heavy atom. The second-order valence-corrected chi connectivity index (χ2v) is 4.26. The van der Waals surface area contributed by atoms with Crippen molar-refractivity contribution in [3.05, 3.63) is 29.3 Å². The van der Waals surface area contributed by atoms with Crippen molar-refractivity contribution in [2.75, 3.05) is 6.54 Å². The molecule has 0 fully saturated rings. The smallest absolute Gasteiger partial charge is 0.234 e. The molecular weight excluding hydrogens is 232 g/mol. The molecule has 1 aromatic rings. The fraction of sp³-hybridized carbons (Fsp3) is 0.385. The van der Waals surface area contributed by atoms with Crippen LogP contribution in [0.4, 0.5) is 0 Å². The fourth-order valence-corrected chi connectivity index (χ4v) is 1.63. The summed E-state index contributed by atoms with van der Waals surface area (Å²) >= 11 is 0. The standard InChI is InChI=1S/C13H18N2O3/c1-8-5-10(3-4-12(8)17)6-11(9(2)16)15-13(18)7-14/h3-5,11,17H,6-7,14H2,1-2H3,(H,15,18)/t11-/m1/s1. The van der Waals surface area contributed by atoms with Crippen LogP contribution in [0.25, 0.3) is 0 Å². The van der Waals surface area contributed by atoms with Gasteiger partial charge in [0.05, 0.1) is 12.6 Å². The maximum Gasteiger partial charge on any atom is 0.234 e. The molecule has 0 spiro atoms. The van der Waals surface area contributed by atoms with Crippen LogP contribution in [0.3, 0.4) is 0 Å². The van der Waals surface area contributed by atoms with Crippen LogP contribution in [0.1, 0.15) is 18.1 Å². The number of Topliss-reactive ketones (excluding diaryl/α,β-unsaturated/α-hetero) is 1. The van der Waals surface area contributed by atoms with Gasteiger partial charge in [-0.15, -0.1) is 0 Å². The lowest BCUT2D eigenvalue weighted by Crippen LogP contribution is -2.44. The first-order valence-corrected chi connectivity index (χ1v) is 5.72. The van der Waals surface area contributed by atoms with Crippen LogP contribution in [0.2, 0.25) is 0 Å². The highest BCUT2D eigenvalue weighted by Crippen LogP contribution is 2.18. The molecule has 0 bridgehead atoms. The lowest BCUT2D eigenvalue weighted by atomic mass is 10.0. The van der Waals surface area contributed by atoms with Crippen molar-refractivity contribution in [3.8, 4) is 5.75 Å². The van der Waals surface area contributed by atoms with Crippen molar-refractivity contribution >= 4 is 11.7 Å². The van der Waals surface area contributed by atoms with Gasteiger partial charge in [0.15, 0.2) is 5.78 Å². The Balaban J connectivity index is 2.80. The Kier molecular flexibility index (Phi) is 4.85. The van der Waals surface area contributed by atoms with Crippen molar-refractivity contribution in [2.24, 2.45) is 5.73 Å². The average molecular weight is 250 g/mol. The van der Waals surface area contributed by atoms with E-state index in [1.807, 2.05) is 0 Å². The molecule has 1 aromatic carbocycles. The highest BCUT2D eigenvalue weighted by Gasteiger charge is 2.17. The molecule has 0 aromatic heterocycles. The van der Waals surface area contributed by atoms with Crippen LogP contribution in [0.15, 0.2) is 18.2 Å². The zero-order valence-electron chi connectivity index (χ0n) is 10.6. The molecule has 0 heterocycles. The van der Waals surface area contributed by atoms with E-state index < -0.39 is 6.04 Å². The number of phenolic OH excluding ortho intramolecular Hbond substituents is 1. The van der Waals surface area contributed by atoms with E-state index in [1.54, 1.807) is 25.1 Å². The molecule has 4 N–H and O–H groups in total. The number of phenols is 1. The minimum Gasteiger partial charge on any atom is -0.508 e. The number of amides is 1. The summed E-state index contributed by atoms with van der Waals surface area (Å²) < 4.78 is 0. The molecule has 18 heavy (non-hydrogen) atoms. The predicted octanol–water partition coefficient (Wildman–Crippen LogP) is 0.276. The van der Waals surface area contributed by atoms with Gasteiger partial charge >= 0.3 is 0 Å². The molecule has 1 atom stereocenters. The molecular formula is C13H18N2O3. The van der Waals surface area contributed by atoms with Crippen molar-refractivity contribution in [3.63, 3.8) is 0 Å². The number of carbonyl (C=O) groups excluding carboxylic acids is 2. The summed E-state index contributed by atoms with van der Waals surface area (Å²) in [6.07, 6.45) is 0.391. The van der Waals surface area contributed by atoms with Crippen molar-refractivity contribution in [1.29, 1.82) is 0 Å². The lowest BCUT2D eigenvalue weighted by molar-refractivity contribution is -0.126. The second kappa shape index (κ2) is 6.16. The Labute approximate surface area is 106 Å². The van der Waals surface area contributed by atoms with Gasteiger partial charge in [0.2, 0.25) is 5.91 Å². The number of ketones is 1. The molecule has 5 heteroatoms.